The first-order valence-electron chi connectivity index (χ1n) is 8.99. The maximum atomic E-state index is 12.3. The van der Waals surface area contributed by atoms with Crippen LogP contribution in [0.2, 0.25) is 4.34 Å². The Bertz CT molecular complexity index is 1100. The number of amidine groups is 1. The molecule has 0 radical (unpaired) electrons. The molecular weight excluding hydrogens is 436 g/mol. The van der Waals surface area contributed by atoms with Crippen LogP contribution in [0.4, 0.5) is 0 Å². The molecule has 0 N–H and O–H groups in total. The summed E-state index contributed by atoms with van der Waals surface area (Å²) in [6.45, 7) is 0.655. The van der Waals surface area contributed by atoms with Gasteiger partial charge in [-0.05, 0) is 37.1 Å². The molecule has 0 atom stereocenters. The highest BCUT2D eigenvalue weighted by Gasteiger charge is 2.34. The van der Waals surface area contributed by atoms with Crippen molar-refractivity contribution in [3.8, 4) is 0 Å². The van der Waals surface area contributed by atoms with Crippen molar-refractivity contribution in [1.29, 1.82) is 0 Å². The summed E-state index contributed by atoms with van der Waals surface area (Å²) in [4.78, 5) is 26.9. The molecule has 0 bridgehead atoms. The summed E-state index contributed by atoms with van der Waals surface area (Å²) < 4.78 is 34.1. The summed E-state index contributed by atoms with van der Waals surface area (Å²) in [6, 6.07) is 9.96. The number of sulfonamides is 1. The van der Waals surface area contributed by atoms with Gasteiger partial charge >= 0.3 is 5.97 Å². The fourth-order valence-electron chi connectivity index (χ4n) is 3.43. The van der Waals surface area contributed by atoms with Crippen LogP contribution in [0.1, 0.15) is 28.1 Å². The molecule has 2 aliphatic rings. The Kier molecular flexibility index (Phi) is 5.46. The second-order valence-electron chi connectivity index (χ2n) is 6.78. The van der Waals surface area contributed by atoms with Gasteiger partial charge in [-0.15, -0.1) is 15.7 Å². The smallest absolute Gasteiger partial charge is 0.309 e. The highest BCUT2D eigenvalue weighted by Crippen LogP contribution is 2.30. The third kappa shape index (κ3) is 4.08. The number of Topliss-reactive ketones (excluding diaryl/α,β-unsaturated/α-hetero) is 1. The van der Waals surface area contributed by atoms with E-state index in [-0.39, 0.29) is 23.2 Å². The lowest BCUT2D eigenvalue weighted by Gasteiger charge is -2.32. The van der Waals surface area contributed by atoms with E-state index in [0.717, 1.165) is 11.3 Å². The third-order valence-corrected chi connectivity index (χ3v) is 7.53. The third-order valence-electron chi connectivity index (χ3n) is 4.93. The van der Waals surface area contributed by atoms with E-state index in [0.29, 0.717) is 46.5 Å². The summed E-state index contributed by atoms with van der Waals surface area (Å²) in [7, 11) is -3.67. The van der Waals surface area contributed by atoms with Crippen molar-refractivity contribution in [2.75, 3.05) is 19.7 Å². The topological polar surface area (TPSA) is 93.1 Å². The molecule has 1 fully saturated rings. The van der Waals surface area contributed by atoms with Gasteiger partial charge in [-0.25, -0.2) is 0 Å². The minimum Gasteiger partial charge on any atom is -0.457 e. The number of rotatable bonds is 4. The number of carbonyl (C=O) groups is 2. The molecule has 0 saturated carbocycles. The van der Waals surface area contributed by atoms with Crippen molar-refractivity contribution in [3.05, 3.63) is 51.2 Å². The van der Waals surface area contributed by atoms with Gasteiger partial charge in [0.25, 0.3) is 10.0 Å². The molecule has 0 aliphatic carbocycles. The molecule has 4 rings (SSSR count). The van der Waals surface area contributed by atoms with Gasteiger partial charge in [-0.1, -0.05) is 23.7 Å². The molecule has 29 heavy (non-hydrogen) atoms. The number of benzene rings is 1. The van der Waals surface area contributed by atoms with Crippen LogP contribution in [-0.2, 0) is 19.6 Å². The molecule has 3 heterocycles. The van der Waals surface area contributed by atoms with E-state index in [1.165, 1.54) is 0 Å². The molecule has 2 aliphatic heterocycles. The molecule has 1 saturated heterocycles. The first-order chi connectivity index (χ1) is 13.8. The Labute approximate surface area is 177 Å². The molecular formula is C19H17ClN2O5S2. The lowest BCUT2D eigenvalue weighted by molar-refractivity contribution is -0.148. The zero-order valence-corrected chi connectivity index (χ0v) is 17.6. The van der Waals surface area contributed by atoms with Crippen molar-refractivity contribution in [2.45, 2.75) is 17.7 Å². The molecule has 0 spiro atoms. The predicted octanol–water partition coefficient (Wildman–Crippen LogP) is 2.99. The number of hydrogen-bond donors (Lipinski definition) is 0. The minimum absolute atomic E-state index is 0.212. The SMILES string of the molecule is O=C(COC(=O)C1CCN(C2=NS(=O)(=O)c3ccccc32)CC1)c1ccc(Cl)s1. The van der Waals surface area contributed by atoms with Gasteiger partial charge in [0.05, 0.1) is 15.1 Å². The second-order valence-corrected chi connectivity index (χ2v) is 10.1. The van der Waals surface area contributed by atoms with Crippen LogP contribution in [0.5, 0.6) is 0 Å². The highest BCUT2D eigenvalue weighted by atomic mass is 35.5. The van der Waals surface area contributed by atoms with Crippen LogP contribution >= 0.6 is 22.9 Å². The lowest BCUT2D eigenvalue weighted by atomic mass is 9.96. The Morgan fingerprint density at radius 1 is 1.17 bits per heavy atom. The average molecular weight is 453 g/mol. The van der Waals surface area contributed by atoms with Gasteiger partial charge in [0.1, 0.15) is 4.90 Å². The van der Waals surface area contributed by atoms with Crippen LogP contribution in [0, 0.1) is 5.92 Å². The number of hydrogen-bond acceptors (Lipinski definition) is 7. The summed E-state index contributed by atoms with van der Waals surface area (Å²) in [5, 5.41) is 0. The molecule has 0 unspecified atom stereocenters. The van der Waals surface area contributed by atoms with Crippen molar-refractivity contribution < 1.29 is 22.7 Å². The van der Waals surface area contributed by atoms with E-state index in [1.807, 2.05) is 4.90 Å². The summed E-state index contributed by atoms with van der Waals surface area (Å²) >= 11 is 6.96. The van der Waals surface area contributed by atoms with Crippen molar-refractivity contribution >= 4 is 50.5 Å². The Hall–Kier alpha value is -2.23. The molecule has 0 amide bonds. The van der Waals surface area contributed by atoms with E-state index in [1.54, 1.807) is 36.4 Å². The van der Waals surface area contributed by atoms with Gasteiger partial charge < -0.3 is 9.64 Å². The number of ether oxygens (including phenoxy) is 1. The average Bonchev–Trinajstić information content (AvgIpc) is 3.27. The fraction of sp³-hybridized carbons (Fsp3) is 0.316. The van der Waals surface area contributed by atoms with E-state index in [2.05, 4.69) is 4.40 Å². The van der Waals surface area contributed by atoms with Crippen molar-refractivity contribution in [2.24, 2.45) is 10.3 Å². The number of fused-ring (bicyclic) bond motifs is 1. The summed E-state index contributed by atoms with van der Waals surface area (Å²) in [5.41, 5.74) is 0.591. The summed E-state index contributed by atoms with van der Waals surface area (Å²) in [6.07, 6.45) is 0.998. The fourth-order valence-corrected chi connectivity index (χ4v) is 5.63. The van der Waals surface area contributed by atoms with E-state index in [4.69, 9.17) is 16.3 Å². The maximum absolute atomic E-state index is 12.3. The number of carbonyl (C=O) groups excluding carboxylic acids is 2. The van der Waals surface area contributed by atoms with Crippen molar-refractivity contribution in [3.63, 3.8) is 0 Å². The zero-order valence-electron chi connectivity index (χ0n) is 15.2. The molecule has 10 heteroatoms. The monoisotopic (exact) mass is 452 g/mol. The number of likely N-dealkylation sites (tertiary alicyclic amines) is 1. The molecule has 1 aromatic heterocycles. The van der Waals surface area contributed by atoms with Gasteiger partial charge in [-0.2, -0.15) is 8.42 Å². The first kappa shape index (κ1) is 20.1. The lowest BCUT2D eigenvalue weighted by Crippen LogP contribution is -2.40. The number of halogens is 1. The van der Waals surface area contributed by atoms with E-state index >= 15 is 0 Å². The molecule has 7 nitrogen and oxygen atoms in total. The van der Waals surface area contributed by atoms with Crippen LogP contribution < -0.4 is 0 Å². The maximum Gasteiger partial charge on any atom is 0.309 e. The largest absolute Gasteiger partial charge is 0.457 e. The Morgan fingerprint density at radius 2 is 1.90 bits per heavy atom. The van der Waals surface area contributed by atoms with Crippen molar-refractivity contribution in [1.82, 2.24) is 4.90 Å². The predicted molar refractivity (Wildman–Crippen MR) is 109 cm³/mol. The van der Waals surface area contributed by atoms with Gasteiger partial charge in [0.2, 0.25) is 5.78 Å². The quantitative estimate of drug-likeness (QED) is 0.523. The number of thiophene rings is 1. The number of nitrogens with zero attached hydrogens (tertiary/aromatic N) is 2. The second kappa shape index (κ2) is 7.89. The zero-order chi connectivity index (χ0) is 20.6. The van der Waals surface area contributed by atoms with E-state index < -0.39 is 16.0 Å². The number of piperidine rings is 1. The van der Waals surface area contributed by atoms with E-state index in [9.17, 15) is 18.0 Å². The van der Waals surface area contributed by atoms with Crippen LogP contribution in [0.15, 0.2) is 45.7 Å². The van der Waals surface area contributed by atoms with Crippen LogP contribution in [0.25, 0.3) is 0 Å². The van der Waals surface area contributed by atoms with Gasteiger partial charge in [0.15, 0.2) is 12.4 Å². The van der Waals surface area contributed by atoms with Gasteiger partial charge in [-0.3, -0.25) is 9.59 Å². The highest BCUT2D eigenvalue weighted by molar-refractivity contribution is 7.90. The van der Waals surface area contributed by atoms with Gasteiger partial charge in [0, 0.05) is 18.7 Å². The number of ketones is 1. The minimum atomic E-state index is -3.67. The summed E-state index contributed by atoms with van der Waals surface area (Å²) in [5.74, 6) is -0.603. The molecule has 2 aromatic rings. The molecule has 1 aromatic carbocycles. The number of esters is 1. The molecule has 152 valence electrons. The Morgan fingerprint density at radius 3 is 2.59 bits per heavy atom. The standard InChI is InChI=1S/C19H17ClN2O5S2/c20-17-6-5-15(28-17)14(23)11-27-19(24)12-7-9-22(10-8-12)18-13-3-1-2-4-16(13)29(25,26)21-18/h1-6,12H,7-11H2. The van der Waals surface area contributed by atoms with Crippen LogP contribution in [-0.4, -0.2) is 50.6 Å². The Balaban J connectivity index is 1.34. The normalized spacial score (nSPS) is 18.2. The van der Waals surface area contributed by atoms with Crippen LogP contribution in [0.3, 0.4) is 0 Å². The first-order valence-corrected chi connectivity index (χ1v) is 11.6.